The number of hydrogen-bond acceptors (Lipinski definition) is 4. The Bertz CT molecular complexity index is 659. The Labute approximate surface area is 146 Å². The van der Waals surface area contributed by atoms with Crippen LogP contribution >= 0.6 is 36.2 Å². The zero-order valence-corrected chi connectivity index (χ0v) is 15.1. The summed E-state index contributed by atoms with van der Waals surface area (Å²) in [5.74, 6) is 0.0975. The number of thiazole rings is 1. The average molecular weight is 362 g/mol. The van der Waals surface area contributed by atoms with Gasteiger partial charge in [-0.15, -0.1) is 36.2 Å². The van der Waals surface area contributed by atoms with Gasteiger partial charge in [-0.05, 0) is 30.0 Å². The Morgan fingerprint density at radius 3 is 2.82 bits per heavy atom. The fourth-order valence-corrected chi connectivity index (χ4v) is 3.43. The molecule has 122 valence electrons. The molecule has 0 saturated carbocycles. The smallest absolute Gasteiger partial charge is 0.253 e. The standard InChI is InChI=1S/C15H19N3OS.2ClH/c1-15(2)8-18(6-5-13(15)16)14(19)10-3-4-11-12(7-10)20-9-17-11;;/h3-4,7,9,13H,5-6,8,16H2,1-2H3;2*1H. The van der Waals surface area contributed by atoms with Crippen molar-refractivity contribution in [2.24, 2.45) is 11.1 Å². The molecule has 2 heterocycles. The van der Waals surface area contributed by atoms with Crippen molar-refractivity contribution in [1.29, 1.82) is 0 Å². The van der Waals surface area contributed by atoms with E-state index in [9.17, 15) is 4.79 Å². The van der Waals surface area contributed by atoms with Gasteiger partial charge >= 0.3 is 0 Å². The molecule has 1 fully saturated rings. The van der Waals surface area contributed by atoms with Crippen molar-refractivity contribution < 1.29 is 4.79 Å². The van der Waals surface area contributed by atoms with Crippen LogP contribution in [0.4, 0.5) is 0 Å². The van der Waals surface area contributed by atoms with Gasteiger partial charge in [0.25, 0.3) is 5.91 Å². The Kier molecular flexibility index (Phi) is 6.21. The Balaban J connectivity index is 0.00000121. The van der Waals surface area contributed by atoms with Crippen LogP contribution in [0, 0.1) is 5.41 Å². The second kappa shape index (κ2) is 7.13. The minimum absolute atomic E-state index is 0. The van der Waals surface area contributed by atoms with Gasteiger partial charge < -0.3 is 10.6 Å². The molecule has 7 heteroatoms. The monoisotopic (exact) mass is 361 g/mol. The van der Waals surface area contributed by atoms with Crippen molar-refractivity contribution in [3.8, 4) is 0 Å². The number of halogens is 2. The number of hydrogen-bond donors (Lipinski definition) is 1. The zero-order chi connectivity index (χ0) is 14.3. The maximum absolute atomic E-state index is 12.6. The molecular weight excluding hydrogens is 341 g/mol. The molecule has 1 unspecified atom stereocenters. The summed E-state index contributed by atoms with van der Waals surface area (Å²) >= 11 is 1.56. The Hall–Kier alpha value is -0.880. The van der Waals surface area contributed by atoms with E-state index in [1.165, 1.54) is 0 Å². The van der Waals surface area contributed by atoms with Crippen LogP contribution in [0.1, 0.15) is 30.6 Å². The second-order valence-electron chi connectivity index (χ2n) is 6.15. The van der Waals surface area contributed by atoms with Crippen LogP contribution in [0.25, 0.3) is 10.2 Å². The number of piperidine rings is 1. The first-order valence-corrected chi connectivity index (χ1v) is 7.73. The first kappa shape index (κ1) is 19.2. The van der Waals surface area contributed by atoms with Gasteiger partial charge in [0.1, 0.15) is 0 Å². The van der Waals surface area contributed by atoms with Crippen LogP contribution < -0.4 is 5.73 Å². The number of fused-ring (bicyclic) bond motifs is 1. The fourth-order valence-electron chi connectivity index (χ4n) is 2.72. The van der Waals surface area contributed by atoms with Crippen molar-refractivity contribution in [1.82, 2.24) is 9.88 Å². The van der Waals surface area contributed by atoms with E-state index >= 15 is 0 Å². The van der Waals surface area contributed by atoms with Crippen LogP contribution in [-0.4, -0.2) is 34.9 Å². The lowest BCUT2D eigenvalue weighted by Crippen LogP contribution is -2.53. The van der Waals surface area contributed by atoms with Gasteiger partial charge in [-0.1, -0.05) is 13.8 Å². The largest absolute Gasteiger partial charge is 0.338 e. The molecule has 1 aliphatic rings. The van der Waals surface area contributed by atoms with Crippen LogP contribution in [0.15, 0.2) is 23.7 Å². The third-order valence-corrected chi connectivity index (χ3v) is 4.97. The minimum atomic E-state index is -0.0253. The molecule has 3 rings (SSSR count). The molecule has 1 aromatic heterocycles. The predicted molar refractivity (Wildman–Crippen MR) is 96.4 cm³/mol. The fraction of sp³-hybridized carbons (Fsp3) is 0.467. The molecule has 1 aliphatic heterocycles. The van der Waals surface area contributed by atoms with Crippen LogP contribution in [0.5, 0.6) is 0 Å². The molecule has 2 N–H and O–H groups in total. The lowest BCUT2D eigenvalue weighted by Gasteiger charge is -2.42. The van der Waals surface area contributed by atoms with Crippen molar-refractivity contribution in [3.05, 3.63) is 29.3 Å². The van der Waals surface area contributed by atoms with Gasteiger partial charge in [0, 0.05) is 24.7 Å². The van der Waals surface area contributed by atoms with Gasteiger partial charge in [0.2, 0.25) is 0 Å². The summed E-state index contributed by atoms with van der Waals surface area (Å²) in [5, 5.41) is 0. The number of nitrogens with two attached hydrogens (primary N) is 1. The third kappa shape index (κ3) is 3.54. The normalized spacial score (nSPS) is 20.1. The van der Waals surface area contributed by atoms with E-state index in [1.807, 2.05) is 28.6 Å². The summed E-state index contributed by atoms with van der Waals surface area (Å²) in [4.78, 5) is 18.8. The number of carbonyl (C=O) groups excluding carboxylic acids is 1. The third-order valence-electron chi connectivity index (χ3n) is 4.18. The molecule has 1 saturated heterocycles. The number of rotatable bonds is 1. The predicted octanol–water partition coefficient (Wildman–Crippen LogP) is 3.34. The lowest BCUT2D eigenvalue weighted by atomic mass is 9.79. The van der Waals surface area contributed by atoms with Gasteiger partial charge in [-0.3, -0.25) is 4.79 Å². The Morgan fingerprint density at radius 2 is 2.14 bits per heavy atom. The van der Waals surface area contributed by atoms with E-state index in [0.717, 1.165) is 28.7 Å². The van der Waals surface area contributed by atoms with Crippen LogP contribution in [0.2, 0.25) is 0 Å². The molecular formula is C15H21Cl2N3OS. The van der Waals surface area contributed by atoms with E-state index in [4.69, 9.17) is 5.73 Å². The number of carbonyl (C=O) groups is 1. The minimum Gasteiger partial charge on any atom is -0.338 e. The molecule has 22 heavy (non-hydrogen) atoms. The van der Waals surface area contributed by atoms with E-state index in [-0.39, 0.29) is 42.2 Å². The molecule has 2 aromatic rings. The summed E-state index contributed by atoms with van der Waals surface area (Å²) < 4.78 is 1.06. The summed E-state index contributed by atoms with van der Waals surface area (Å²) in [6, 6.07) is 5.89. The van der Waals surface area contributed by atoms with Crippen molar-refractivity contribution in [3.63, 3.8) is 0 Å². The summed E-state index contributed by atoms with van der Waals surface area (Å²) in [7, 11) is 0. The quantitative estimate of drug-likeness (QED) is 0.847. The highest BCUT2D eigenvalue weighted by atomic mass is 35.5. The molecule has 0 aliphatic carbocycles. The van der Waals surface area contributed by atoms with E-state index < -0.39 is 0 Å². The van der Waals surface area contributed by atoms with Gasteiger partial charge in [0.15, 0.2) is 0 Å². The molecule has 0 bridgehead atoms. The summed E-state index contributed by atoms with van der Waals surface area (Å²) in [5.41, 5.74) is 9.61. The first-order chi connectivity index (χ1) is 9.47. The summed E-state index contributed by atoms with van der Waals surface area (Å²) in [6.07, 6.45) is 0.863. The van der Waals surface area contributed by atoms with Gasteiger partial charge in [-0.2, -0.15) is 0 Å². The van der Waals surface area contributed by atoms with Crippen molar-refractivity contribution in [2.45, 2.75) is 26.3 Å². The SMILES string of the molecule is CC1(C)CN(C(=O)c2ccc3ncsc3c2)CCC1N.Cl.Cl. The van der Waals surface area contributed by atoms with E-state index in [2.05, 4.69) is 18.8 Å². The summed E-state index contributed by atoms with van der Waals surface area (Å²) in [6.45, 7) is 5.71. The second-order valence-corrected chi connectivity index (χ2v) is 7.03. The lowest BCUT2D eigenvalue weighted by molar-refractivity contribution is 0.0533. The van der Waals surface area contributed by atoms with E-state index in [1.54, 1.807) is 11.3 Å². The molecule has 1 atom stereocenters. The maximum Gasteiger partial charge on any atom is 0.253 e. The highest BCUT2D eigenvalue weighted by molar-refractivity contribution is 7.16. The van der Waals surface area contributed by atoms with Crippen LogP contribution in [-0.2, 0) is 0 Å². The first-order valence-electron chi connectivity index (χ1n) is 6.85. The average Bonchev–Trinajstić information content (AvgIpc) is 2.88. The van der Waals surface area contributed by atoms with Gasteiger partial charge in [-0.25, -0.2) is 4.98 Å². The molecule has 0 spiro atoms. The zero-order valence-electron chi connectivity index (χ0n) is 12.6. The number of nitrogens with zero attached hydrogens (tertiary/aromatic N) is 2. The molecule has 1 aromatic carbocycles. The van der Waals surface area contributed by atoms with Crippen molar-refractivity contribution in [2.75, 3.05) is 13.1 Å². The van der Waals surface area contributed by atoms with Crippen LogP contribution in [0.3, 0.4) is 0 Å². The number of benzene rings is 1. The highest BCUT2D eigenvalue weighted by Gasteiger charge is 2.35. The Morgan fingerprint density at radius 1 is 1.41 bits per heavy atom. The van der Waals surface area contributed by atoms with Crippen molar-refractivity contribution >= 4 is 52.3 Å². The maximum atomic E-state index is 12.6. The molecule has 0 radical (unpaired) electrons. The van der Waals surface area contributed by atoms with E-state index in [0.29, 0.717) is 6.54 Å². The molecule has 4 nitrogen and oxygen atoms in total. The number of amides is 1. The highest BCUT2D eigenvalue weighted by Crippen LogP contribution is 2.29. The van der Waals surface area contributed by atoms with Gasteiger partial charge in [0.05, 0.1) is 15.7 Å². The molecule has 1 amide bonds. The number of aromatic nitrogens is 1. The number of likely N-dealkylation sites (tertiary alicyclic amines) is 1. The topological polar surface area (TPSA) is 59.2 Å².